The minimum atomic E-state index is 0.124. The predicted molar refractivity (Wildman–Crippen MR) is 56.4 cm³/mol. The van der Waals surface area contributed by atoms with E-state index in [4.69, 9.17) is 0 Å². The molecule has 0 fully saturated rings. The highest BCUT2D eigenvalue weighted by atomic mass is 16.3. The van der Waals surface area contributed by atoms with Gasteiger partial charge in [-0.2, -0.15) is 0 Å². The van der Waals surface area contributed by atoms with Crippen LogP contribution in [0.15, 0.2) is 18.2 Å². The Bertz CT molecular complexity index is 299. The topological polar surface area (TPSA) is 32.3 Å². The maximum atomic E-state index is 9.44. The molecule has 72 valence electrons. The Morgan fingerprint density at radius 3 is 2.31 bits per heavy atom. The molecule has 0 spiro atoms. The third-order valence-electron chi connectivity index (χ3n) is 2.13. The number of rotatable bonds is 1. The number of hydrogen-bond donors (Lipinski definition) is 2. The van der Waals surface area contributed by atoms with Crippen LogP contribution in [0.5, 0.6) is 5.75 Å². The Kier molecular flexibility index (Phi) is 2.50. The molecule has 2 N–H and O–H groups in total. The minimum absolute atomic E-state index is 0.124. The number of anilines is 1. The highest BCUT2D eigenvalue weighted by Crippen LogP contribution is 2.30. The first-order valence-corrected chi connectivity index (χ1v) is 4.46. The van der Waals surface area contributed by atoms with E-state index in [0.29, 0.717) is 5.75 Å². The van der Waals surface area contributed by atoms with E-state index in [2.05, 4.69) is 26.1 Å². The SMILES string of the molecule is CNc1cc(C(C)(C)C)ccc1O. The van der Waals surface area contributed by atoms with Gasteiger partial charge in [-0.05, 0) is 23.1 Å². The van der Waals surface area contributed by atoms with E-state index in [1.54, 1.807) is 6.07 Å². The number of nitrogens with one attached hydrogen (secondary N) is 1. The highest BCUT2D eigenvalue weighted by Gasteiger charge is 2.14. The molecule has 2 heteroatoms. The molecule has 13 heavy (non-hydrogen) atoms. The lowest BCUT2D eigenvalue weighted by atomic mass is 9.87. The molecule has 0 aliphatic carbocycles. The Morgan fingerprint density at radius 1 is 1.23 bits per heavy atom. The molecule has 1 rings (SSSR count). The van der Waals surface area contributed by atoms with Gasteiger partial charge in [-0.25, -0.2) is 0 Å². The van der Waals surface area contributed by atoms with Crippen LogP contribution in [0.2, 0.25) is 0 Å². The average molecular weight is 179 g/mol. The summed E-state index contributed by atoms with van der Waals surface area (Å²) < 4.78 is 0. The molecule has 0 amide bonds. The summed E-state index contributed by atoms with van der Waals surface area (Å²) in [5.41, 5.74) is 2.13. The monoisotopic (exact) mass is 179 g/mol. The summed E-state index contributed by atoms with van der Waals surface area (Å²) in [6, 6.07) is 5.66. The van der Waals surface area contributed by atoms with E-state index >= 15 is 0 Å². The molecule has 1 aromatic rings. The van der Waals surface area contributed by atoms with Crippen LogP contribution in [0, 0.1) is 0 Å². The van der Waals surface area contributed by atoms with Gasteiger partial charge in [0.2, 0.25) is 0 Å². The first-order chi connectivity index (χ1) is 5.95. The van der Waals surface area contributed by atoms with Crippen molar-refractivity contribution in [2.75, 3.05) is 12.4 Å². The molecule has 2 nitrogen and oxygen atoms in total. The van der Waals surface area contributed by atoms with Crippen LogP contribution in [-0.4, -0.2) is 12.2 Å². The molecule has 0 unspecified atom stereocenters. The fraction of sp³-hybridized carbons (Fsp3) is 0.455. The molecule has 0 aromatic heterocycles. The molecule has 0 saturated heterocycles. The summed E-state index contributed by atoms with van der Waals surface area (Å²) in [4.78, 5) is 0. The van der Waals surface area contributed by atoms with Crippen molar-refractivity contribution in [3.05, 3.63) is 23.8 Å². The first-order valence-electron chi connectivity index (χ1n) is 4.46. The Morgan fingerprint density at radius 2 is 1.85 bits per heavy atom. The van der Waals surface area contributed by atoms with Crippen LogP contribution < -0.4 is 5.32 Å². The van der Waals surface area contributed by atoms with E-state index < -0.39 is 0 Å². The van der Waals surface area contributed by atoms with Gasteiger partial charge in [0.25, 0.3) is 0 Å². The van der Waals surface area contributed by atoms with Crippen molar-refractivity contribution >= 4 is 5.69 Å². The van der Waals surface area contributed by atoms with Gasteiger partial charge in [0.1, 0.15) is 5.75 Å². The normalized spacial score (nSPS) is 11.4. The van der Waals surface area contributed by atoms with Gasteiger partial charge >= 0.3 is 0 Å². The Balaban J connectivity index is 3.14. The Labute approximate surface area is 79.6 Å². The van der Waals surface area contributed by atoms with Gasteiger partial charge in [-0.1, -0.05) is 26.8 Å². The molecular formula is C11H17NO. The number of benzene rings is 1. The van der Waals surface area contributed by atoms with Crippen LogP contribution >= 0.6 is 0 Å². The second kappa shape index (κ2) is 3.29. The van der Waals surface area contributed by atoms with Crippen LogP contribution in [-0.2, 0) is 5.41 Å². The van der Waals surface area contributed by atoms with Crippen molar-refractivity contribution in [2.45, 2.75) is 26.2 Å². The van der Waals surface area contributed by atoms with Gasteiger partial charge in [0, 0.05) is 7.05 Å². The van der Waals surface area contributed by atoms with Crippen molar-refractivity contribution in [1.29, 1.82) is 0 Å². The summed E-state index contributed by atoms with van der Waals surface area (Å²) in [6.07, 6.45) is 0. The van der Waals surface area contributed by atoms with E-state index in [1.165, 1.54) is 5.56 Å². The summed E-state index contributed by atoms with van der Waals surface area (Å²) in [7, 11) is 1.81. The quantitative estimate of drug-likeness (QED) is 0.650. The van der Waals surface area contributed by atoms with E-state index in [-0.39, 0.29) is 5.41 Å². The van der Waals surface area contributed by atoms with Gasteiger partial charge in [0.15, 0.2) is 0 Å². The average Bonchev–Trinajstić information content (AvgIpc) is 2.03. The summed E-state index contributed by atoms with van der Waals surface area (Å²) in [5, 5.41) is 12.4. The second-order valence-corrected chi connectivity index (χ2v) is 4.23. The zero-order valence-electron chi connectivity index (χ0n) is 8.68. The van der Waals surface area contributed by atoms with Gasteiger partial charge in [0.05, 0.1) is 5.69 Å². The maximum absolute atomic E-state index is 9.44. The summed E-state index contributed by atoms with van der Waals surface area (Å²) in [6.45, 7) is 6.45. The fourth-order valence-electron chi connectivity index (χ4n) is 1.20. The lowest BCUT2D eigenvalue weighted by molar-refractivity contribution is 0.476. The lowest BCUT2D eigenvalue weighted by Crippen LogP contribution is -2.11. The third-order valence-corrected chi connectivity index (χ3v) is 2.13. The molecule has 0 aliphatic heterocycles. The highest BCUT2D eigenvalue weighted by molar-refractivity contribution is 5.57. The van der Waals surface area contributed by atoms with E-state index in [0.717, 1.165) is 5.69 Å². The van der Waals surface area contributed by atoms with Crippen LogP contribution in [0.25, 0.3) is 0 Å². The molecular weight excluding hydrogens is 162 g/mol. The molecule has 0 saturated carbocycles. The largest absolute Gasteiger partial charge is 0.506 e. The van der Waals surface area contributed by atoms with Crippen molar-refractivity contribution in [3.8, 4) is 5.75 Å². The third kappa shape index (κ3) is 2.14. The second-order valence-electron chi connectivity index (χ2n) is 4.23. The van der Waals surface area contributed by atoms with Crippen molar-refractivity contribution in [2.24, 2.45) is 0 Å². The van der Waals surface area contributed by atoms with E-state index in [9.17, 15) is 5.11 Å². The van der Waals surface area contributed by atoms with Gasteiger partial charge < -0.3 is 10.4 Å². The molecule has 1 aromatic carbocycles. The summed E-state index contributed by atoms with van der Waals surface area (Å²) in [5.74, 6) is 0.301. The number of hydrogen-bond acceptors (Lipinski definition) is 2. The number of phenols is 1. The standard InChI is InChI=1S/C11H17NO/c1-11(2,3)8-5-6-10(13)9(7-8)12-4/h5-7,12-13H,1-4H3. The molecule has 0 atom stereocenters. The van der Waals surface area contributed by atoms with Crippen molar-refractivity contribution in [3.63, 3.8) is 0 Å². The Hall–Kier alpha value is -1.18. The maximum Gasteiger partial charge on any atom is 0.138 e. The first kappa shape index (κ1) is 9.90. The molecule has 0 aliphatic rings. The molecule has 0 bridgehead atoms. The van der Waals surface area contributed by atoms with Crippen LogP contribution in [0.4, 0.5) is 5.69 Å². The van der Waals surface area contributed by atoms with Crippen molar-refractivity contribution in [1.82, 2.24) is 0 Å². The number of aromatic hydroxyl groups is 1. The lowest BCUT2D eigenvalue weighted by Gasteiger charge is -2.20. The van der Waals surface area contributed by atoms with Crippen molar-refractivity contribution < 1.29 is 5.11 Å². The van der Waals surface area contributed by atoms with E-state index in [1.807, 2.05) is 19.2 Å². The van der Waals surface area contributed by atoms with Gasteiger partial charge in [-0.15, -0.1) is 0 Å². The predicted octanol–water partition coefficient (Wildman–Crippen LogP) is 2.73. The summed E-state index contributed by atoms with van der Waals surface area (Å²) >= 11 is 0. The van der Waals surface area contributed by atoms with Gasteiger partial charge in [-0.3, -0.25) is 0 Å². The zero-order chi connectivity index (χ0) is 10.1. The smallest absolute Gasteiger partial charge is 0.138 e. The number of phenolic OH excluding ortho intramolecular Hbond substituents is 1. The minimum Gasteiger partial charge on any atom is -0.506 e. The van der Waals surface area contributed by atoms with Crippen LogP contribution in [0.3, 0.4) is 0 Å². The fourth-order valence-corrected chi connectivity index (χ4v) is 1.20. The molecule has 0 radical (unpaired) electrons. The van der Waals surface area contributed by atoms with Crippen LogP contribution in [0.1, 0.15) is 26.3 Å². The molecule has 0 heterocycles. The zero-order valence-corrected chi connectivity index (χ0v) is 8.68.